The quantitative estimate of drug-likeness (QED) is 0.0360. The predicted octanol–water partition coefficient (Wildman–Crippen LogP) is 12.4. The molecule has 0 heterocycles. The number of hydrogen-bond donors (Lipinski definition) is 4. The van der Waals surface area contributed by atoms with Gasteiger partial charge in [-0.05, 0) is 149 Å². The fourth-order valence-corrected chi connectivity index (χ4v) is 6.97. The minimum Gasteiger partial charge on any atom is -0.508 e. The van der Waals surface area contributed by atoms with E-state index in [1.165, 1.54) is 165 Å². The molecule has 0 saturated carbocycles. The molecule has 11 heteroatoms. The fourth-order valence-electron chi connectivity index (χ4n) is 6.97. The molecular weight excluding hydrogens is 809 g/mol. The van der Waals surface area contributed by atoms with E-state index in [4.69, 9.17) is 19.7 Å². The number of phenolic OH excluding ortho intramolecular Hbond substituents is 3. The van der Waals surface area contributed by atoms with Crippen LogP contribution in [0.5, 0.6) is 17.2 Å². The van der Waals surface area contributed by atoms with Crippen molar-refractivity contribution in [2.45, 2.75) is 144 Å². The molecule has 0 aliphatic heterocycles. The lowest BCUT2D eigenvalue weighted by Gasteiger charge is -2.26. The van der Waals surface area contributed by atoms with Crippen molar-refractivity contribution in [3.05, 3.63) is 89.5 Å². The minimum atomic E-state index is -0.986. The summed E-state index contributed by atoms with van der Waals surface area (Å²) in [5, 5.41) is 35.6. The highest BCUT2D eigenvalue weighted by atomic mass is 16.5. The molecule has 0 fully saturated rings. The first-order valence-corrected chi connectivity index (χ1v) is 24.1. The van der Waals surface area contributed by atoms with Crippen LogP contribution in [0.25, 0.3) is 0 Å². The average Bonchev–Trinajstić information content (AvgIpc) is 3.26. The van der Waals surface area contributed by atoms with Gasteiger partial charge in [0, 0.05) is 13.1 Å². The van der Waals surface area contributed by atoms with Crippen LogP contribution >= 0.6 is 0 Å². The summed E-state index contributed by atoms with van der Waals surface area (Å²) in [5.41, 5.74) is 1.15. The van der Waals surface area contributed by atoms with Gasteiger partial charge in [-0.3, -0.25) is 0 Å². The smallest absolute Gasteiger partial charge is 0.338 e. The number of ether oxygens (including phenoxy) is 2. The Labute approximate surface area is 386 Å². The molecule has 0 aromatic heterocycles. The number of aromatic hydroxyl groups is 3. The highest BCUT2D eigenvalue weighted by Gasteiger charge is 2.10. The number of hydrogen-bond acceptors (Lipinski definition) is 10. The fraction of sp³-hybridized carbons (Fsp3) is 0.604. The van der Waals surface area contributed by atoms with E-state index in [2.05, 4.69) is 51.3 Å². The van der Waals surface area contributed by atoms with Crippen LogP contribution in [-0.2, 0) is 9.47 Å². The third-order valence-electron chi connectivity index (χ3n) is 10.4. The van der Waals surface area contributed by atoms with E-state index in [-0.39, 0.29) is 34.8 Å². The summed E-state index contributed by atoms with van der Waals surface area (Å²) >= 11 is 0. The topological polar surface area (TPSA) is 157 Å². The molecule has 4 N–H and O–H groups in total. The Balaban J connectivity index is 0.000000526. The summed E-state index contributed by atoms with van der Waals surface area (Å²) in [5.74, 6) is 0.235. The molecule has 0 amide bonds. The van der Waals surface area contributed by atoms with Crippen molar-refractivity contribution in [3.8, 4) is 17.2 Å². The number of carbonyl (C=O) groups is 3. The van der Waals surface area contributed by atoms with E-state index in [1.54, 1.807) is 24.3 Å². The van der Waals surface area contributed by atoms with Crippen molar-refractivity contribution in [2.24, 2.45) is 11.8 Å². The molecule has 0 atom stereocenters. The second-order valence-electron chi connectivity index (χ2n) is 17.6. The number of carbonyl (C=O) groups excluding carboxylic acids is 2. The molecule has 0 spiro atoms. The molecule has 360 valence electrons. The van der Waals surface area contributed by atoms with Gasteiger partial charge in [-0.1, -0.05) is 106 Å². The molecule has 3 aromatic rings. The third-order valence-corrected chi connectivity index (χ3v) is 10.4. The van der Waals surface area contributed by atoms with E-state index in [0.29, 0.717) is 24.3 Å². The number of unbranched alkanes of at least 4 members (excludes halogenated alkanes) is 12. The summed E-state index contributed by atoms with van der Waals surface area (Å²) < 4.78 is 10.5. The number of aromatic carboxylic acids is 1. The second-order valence-corrected chi connectivity index (χ2v) is 17.6. The summed E-state index contributed by atoms with van der Waals surface area (Å²) in [6.45, 7) is 22.0. The van der Waals surface area contributed by atoms with Crippen molar-refractivity contribution >= 4 is 17.9 Å². The summed E-state index contributed by atoms with van der Waals surface area (Å²) in [4.78, 5) is 39.1. The molecule has 64 heavy (non-hydrogen) atoms. The normalized spacial score (nSPS) is 11.0. The first-order valence-electron chi connectivity index (χ1n) is 24.1. The molecule has 0 unspecified atom stereocenters. The lowest BCUT2D eigenvalue weighted by molar-refractivity contribution is 0.0488. The first-order chi connectivity index (χ1) is 30.7. The number of nitrogens with zero attached hydrogens (tertiary/aromatic N) is 2. The second kappa shape index (κ2) is 36.7. The van der Waals surface area contributed by atoms with Crippen LogP contribution in [-0.4, -0.2) is 101 Å². The number of esters is 2. The maximum atomic E-state index is 11.8. The van der Waals surface area contributed by atoms with E-state index in [0.717, 1.165) is 37.5 Å². The van der Waals surface area contributed by atoms with Crippen molar-refractivity contribution < 1.29 is 44.3 Å². The molecular formula is C53H84N2O9. The standard InChI is InChI=1S/2C23H39NO3.C7H6O3/c1-19(2)17-24(18-20(3)4)15-9-7-5-6-8-10-16-27-23(26)21-11-13-22(25)14-12-21;1-3-5-17-24(18-6-4-2)19-11-9-7-8-10-12-20-27-23(26)21-13-15-22(25)16-14-21;8-6-3-1-5(2-4-6)7(9)10/h11-14,19-20,25H,5-10,15-18H2,1-4H3;13-16,25H,3-12,17-20H2,1-2H3;1-4,8H,(H,9,10). The Kier molecular flexibility index (Phi) is 32.9. The molecule has 11 nitrogen and oxygen atoms in total. The van der Waals surface area contributed by atoms with Gasteiger partial charge in [-0.15, -0.1) is 0 Å². The van der Waals surface area contributed by atoms with E-state index >= 15 is 0 Å². The van der Waals surface area contributed by atoms with Crippen molar-refractivity contribution in [1.29, 1.82) is 0 Å². The van der Waals surface area contributed by atoms with Gasteiger partial charge in [0.25, 0.3) is 0 Å². The SMILES string of the molecule is CC(C)CN(CCCCCCCCOC(=O)c1ccc(O)cc1)CC(C)C.CCCCN(CCCC)CCCCCCCCOC(=O)c1ccc(O)cc1.O=C(O)c1ccc(O)cc1. The molecule has 0 aliphatic rings. The zero-order valence-corrected chi connectivity index (χ0v) is 40.3. The van der Waals surface area contributed by atoms with Crippen LogP contribution in [0, 0.1) is 11.8 Å². The summed E-state index contributed by atoms with van der Waals surface area (Å²) in [6, 6.07) is 17.7. The largest absolute Gasteiger partial charge is 0.508 e. The number of phenols is 3. The number of carboxylic acid groups (broad SMARTS) is 1. The lowest BCUT2D eigenvalue weighted by atomic mass is 10.1. The Hall–Kier alpha value is -4.61. The zero-order chi connectivity index (χ0) is 47.4. The van der Waals surface area contributed by atoms with Crippen LogP contribution in [0.4, 0.5) is 0 Å². The van der Waals surface area contributed by atoms with Gasteiger partial charge in [-0.25, -0.2) is 14.4 Å². The number of carboxylic acids is 1. The monoisotopic (exact) mass is 893 g/mol. The van der Waals surface area contributed by atoms with Crippen LogP contribution < -0.4 is 0 Å². The van der Waals surface area contributed by atoms with Gasteiger partial charge < -0.3 is 39.7 Å². The molecule has 0 bridgehead atoms. The van der Waals surface area contributed by atoms with Crippen molar-refractivity contribution in [1.82, 2.24) is 9.80 Å². The van der Waals surface area contributed by atoms with Crippen LogP contribution in [0.2, 0.25) is 0 Å². The zero-order valence-electron chi connectivity index (χ0n) is 40.3. The minimum absolute atomic E-state index is 0.0741. The Morgan fingerprint density at radius 3 is 1.06 bits per heavy atom. The van der Waals surface area contributed by atoms with E-state index in [9.17, 15) is 24.6 Å². The van der Waals surface area contributed by atoms with Crippen LogP contribution in [0.1, 0.15) is 175 Å². The first kappa shape index (κ1) is 57.4. The van der Waals surface area contributed by atoms with E-state index < -0.39 is 5.97 Å². The van der Waals surface area contributed by atoms with E-state index in [1.807, 2.05) is 0 Å². The van der Waals surface area contributed by atoms with Gasteiger partial charge in [0.1, 0.15) is 17.2 Å². The molecule has 3 rings (SSSR count). The van der Waals surface area contributed by atoms with Crippen LogP contribution in [0.15, 0.2) is 72.8 Å². The number of benzene rings is 3. The highest BCUT2D eigenvalue weighted by Crippen LogP contribution is 2.15. The third kappa shape index (κ3) is 30.5. The molecule has 3 aromatic carbocycles. The maximum Gasteiger partial charge on any atom is 0.338 e. The Bertz CT molecular complexity index is 1590. The van der Waals surface area contributed by atoms with Crippen molar-refractivity contribution in [2.75, 3.05) is 52.5 Å². The maximum absolute atomic E-state index is 11.8. The predicted molar refractivity (Wildman–Crippen MR) is 260 cm³/mol. The van der Waals surface area contributed by atoms with Gasteiger partial charge in [-0.2, -0.15) is 0 Å². The van der Waals surface area contributed by atoms with Gasteiger partial charge in [0.2, 0.25) is 0 Å². The molecule has 0 aliphatic carbocycles. The summed E-state index contributed by atoms with van der Waals surface area (Å²) in [6.07, 6.45) is 19.3. The van der Waals surface area contributed by atoms with Gasteiger partial charge in [0.15, 0.2) is 0 Å². The molecule has 0 radical (unpaired) electrons. The number of rotatable bonds is 31. The lowest BCUT2D eigenvalue weighted by Crippen LogP contribution is -2.32. The highest BCUT2D eigenvalue weighted by molar-refractivity contribution is 5.90. The van der Waals surface area contributed by atoms with Crippen LogP contribution in [0.3, 0.4) is 0 Å². The Morgan fingerprint density at radius 1 is 0.438 bits per heavy atom. The average molecular weight is 893 g/mol. The summed E-state index contributed by atoms with van der Waals surface area (Å²) in [7, 11) is 0. The van der Waals surface area contributed by atoms with Gasteiger partial charge in [0.05, 0.1) is 29.9 Å². The molecule has 0 saturated heterocycles. The van der Waals surface area contributed by atoms with Gasteiger partial charge >= 0.3 is 17.9 Å². The Morgan fingerprint density at radius 2 is 0.734 bits per heavy atom. The van der Waals surface area contributed by atoms with Crippen molar-refractivity contribution in [3.63, 3.8) is 0 Å².